The van der Waals surface area contributed by atoms with E-state index >= 15 is 0 Å². The highest BCUT2D eigenvalue weighted by Gasteiger charge is 2.13. The number of methoxy groups -OCH3 is 1. The summed E-state index contributed by atoms with van der Waals surface area (Å²) in [6, 6.07) is 25.1. The van der Waals surface area contributed by atoms with Crippen LogP contribution in [0.1, 0.15) is 27.0 Å². The summed E-state index contributed by atoms with van der Waals surface area (Å²) in [5, 5.41) is 4.60. The minimum Gasteiger partial charge on any atom is -0.497 e. The Labute approximate surface area is 224 Å². The average Bonchev–Trinajstić information content (AvgIpc) is 3.28. The molecule has 0 unspecified atom stereocenters. The van der Waals surface area contributed by atoms with Crippen LogP contribution in [0.2, 0.25) is 5.02 Å². The maximum Gasteiger partial charge on any atom is 0.251 e. The molecule has 0 fully saturated rings. The van der Waals surface area contributed by atoms with Crippen molar-refractivity contribution in [3.8, 4) is 5.75 Å². The highest BCUT2D eigenvalue weighted by atomic mass is 35.5. The Morgan fingerprint density at radius 3 is 2.62 bits per heavy atom. The molecule has 0 bridgehead atoms. The summed E-state index contributed by atoms with van der Waals surface area (Å²) in [5.74, 6) is 1.40. The van der Waals surface area contributed by atoms with Crippen LogP contribution in [0.15, 0.2) is 96.4 Å². The fraction of sp³-hybridized carbons (Fsp3) is 0.138. The van der Waals surface area contributed by atoms with Crippen LogP contribution in [-0.2, 0) is 18.8 Å². The zero-order valence-corrected chi connectivity index (χ0v) is 21.8. The third kappa shape index (κ3) is 6.13. The van der Waals surface area contributed by atoms with Crippen molar-refractivity contribution in [2.24, 2.45) is 0 Å². The molecule has 0 saturated carbocycles. The smallest absolute Gasteiger partial charge is 0.251 e. The number of hydrogen-bond acceptors (Lipinski definition) is 5. The Balaban J connectivity index is 1.29. The van der Waals surface area contributed by atoms with Crippen molar-refractivity contribution < 1.29 is 9.53 Å². The van der Waals surface area contributed by atoms with Gasteiger partial charge in [0, 0.05) is 29.1 Å². The Morgan fingerprint density at radius 2 is 1.81 bits per heavy atom. The number of imidazole rings is 1. The summed E-state index contributed by atoms with van der Waals surface area (Å²) < 4.78 is 7.41. The highest BCUT2D eigenvalue weighted by Crippen LogP contribution is 2.28. The molecule has 3 aromatic carbocycles. The second-order valence-electron chi connectivity index (χ2n) is 8.49. The van der Waals surface area contributed by atoms with Crippen LogP contribution < -0.4 is 10.1 Å². The van der Waals surface area contributed by atoms with Crippen molar-refractivity contribution in [3.05, 3.63) is 119 Å². The number of benzene rings is 3. The molecule has 8 heteroatoms. The van der Waals surface area contributed by atoms with Crippen LogP contribution in [0.5, 0.6) is 5.75 Å². The van der Waals surface area contributed by atoms with Crippen molar-refractivity contribution >= 4 is 40.3 Å². The number of amides is 1. The SMILES string of the molecule is COc1cccc(CNC(=O)c2ccc(Cn3c(SCc4cccc(Cl)c4)nc4ccncc43)cc2)c1. The molecule has 186 valence electrons. The Kier molecular flexibility index (Phi) is 7.73. The van der Waals surface area contributed by atoms with Gasteiger partial charge in [0.25, 0.3) is 5.91 Å². The van der Waals surface area contributed by atoms with Crippen molar-refractivity contribution in [2.45, 2.75) is 24.0 Å². The van der Waals surface area contributed by atoms with Gasteiger partial charge in [0.15, 0.2) is 5.16 Å². The topological polar surface area (TPSA) is 69.0 Å². The molecule has 0 aliphatic carbocycles. The average molecular weight is 529 g/mol. The van der Waals surface area contributed by atoms with Gasteiger partial charge in [-0.2, -0.15) is 0 Å². The second-order valence-corrected chi connectivity index (χ2v) is 9.87. The summed E-state index contributed by atoms with van der Waals surface area (Å²) in [7, 11) is 1.63. The monoisotopic (exact) mass is 528 g/mol. The number of rotatable bonds is 9. The minimum absolute atomic E-state index is 0.121. The zero-order valence-electron chi connectivity index (χ0n) is 20.2. The molecule has 1 N–H and O–H groups in total. The van der Waals surface area contributed by atoms with Gasteiger partial charge in [-0.3, -0.25) is 9.78 Å². The molecule has 6 nitrogen and oxygen atoms in total. The maximum absolute atomic E-state index is 12.7. The largest absolute Gasteiger partial charge is 0.497 e. The first kappa shape index (κ1) is 24.9. The van der Waals surface area contributed by atoms with Gasteiger partial charge in [0.1, 0.15) is 5.75 Å². The summed E-state index contributed by atoms with van der Waals surface area (Å²) in [5.41, 5.74) is 5.66. The van der Waals surface area contributed by atoms with Gasteiger partial charge in [0.2, 0.25) is 0 Å². The van der Waals surface area contributed by atoms with E-state index in [4.69, 9.17) is 21.3 Å². The number of halogens is 1. The first-order valence-corrected chi connectivity index (χ1v) is 13.1. The summed E-state index contributed by atoms with van der Waals surface area (Å²) >= 11 is 7.82. The third-order valence-corrected chi connectivity index (χ3v) is 7.20. The molecule has 5 aromatic rings. The predicted octanol–water partition coefficient (Wildman–Crippen LogP) is 6.36. The highest BCUT2D eigenvalue weighted by molar-refractivity contribution is 7.98. The predicted molar refractivity (Wildman–Crippen MR) is 148 cm³/mol. The lowest BCUT2D eigenvalue weighted by molar-refractivity contribution is 0.0951. The van der Waals surface area contributed by atoms with E-state index in [0.717, 1.165) is 49.4 Å². The van der Waals surface area contributed by atoms with E-state index in [9.17, 15) is 4.79 Å². The Morgan fingerprint density at radius 1 is 1.00 bits per heavy atom. The number of aromatic nitrogens is 3. The molecule has 0 saturated heterocycles. The molecule has 0 atom stereocenters. The number of carbonyl (C=O) groups is 1. The normalized spacial score (nSPS) is 11.0. The van der Waals surface area contributed by atoms with Gasteiger partial charge in [-0.05, 0) is 59.2 Å². The molecule has 2 aromatic heterocycles. The van der Waals surface area contributed by atoms with Gasteiger partial charge in [-0.25, -0.2) is 4.98 Å². The zero-order chi connectivity index (χ0) is 25.6. The number of pyridine rings is 1. The standard InChI is InChI=1S/C29H25ClN4O2S/c1-36-25-7-3-4-21(15-25)16-32-28(35)23-10-8-20(9-11-23)18-34-27-17-31-13-12-26(27)33-29(34)37-19-22-5-2-6-24(30)14-22/h2-15,17H,16,18-19H2,1H3,(H,32,35). The number of thioether (sulfide) groups is 1. The number of nitrogens with zero attached hydrogens (tertiary/aromatic N) is 3. The quantitative estimate of drug-likeness (QED) is 0.225. The molecule has 5 rings (SSSR count). The molecular formula is C29H25ClN4O2S. The van der Waals surface area contributed by atoms with Crippen LogP contribution in [0.4, 0.5) is 0 Å². The van der Waals surface area contributed by atoms with E-state index in [1.807, 2.05) is 79.0 Å². The molecule has 0 radical (unpaired) electrons. The summed E-state index contributed by atoms with van der Waals surface area (Å²) in [4.78, 5) is 21.8. The number of hydrogen-bond donors (Lipinski definition) is 1. The van der Waals surface area contributed by atoms with E-state index in [1.54, 1.807) is 25.1 Å². The van der Waals surface area contributed by atoms with Gasteiger partial charge in [-0.1, -0.05) is 59.8 Å². The lowest BCUT2D eigenvalue weighted by Gasteiger charge is -2.11. The fourth-order valence-electron chi connectivity index (χ4n) is 4.00. The molecule has 0 aliphatic heterocycles. The van der Waals surface area contributed by atoms with Gasteiger partial charge >= 0.3 is 0 Å². The van der Waals surface area contributed by atoms with E-state index in [0.29, 0.717) is 18.7 Å². The van der Waals surface area contributed by atoms with Crippen molar-refractivity contribution in [2.75, 3.05) is 7.11 Å². The molecule has 0 spiro atoms. The maximum atomic E-state index is 12.7. The van der Waals surface area contributed by atoms with Crippen LogP contribution in [0, 0.1) is 0 Å². The molecule has 0 aliphatic rings. The van der Waals surface area contributed by atoms with Crippen molar-refractivity contribution in [1.82, 2.24) is 19.9 Å². The van der Waals surface area contributed by atoms with Gasteiger partial charge in [0.05, 0.1) is 30.9 Å². The van der Waals surface area contributed by atoms with E-state index in [1.165, 1.54) is 0 Å². The number of carbonyl (C=O) groups excluding carboxylic acids is 1. The third-order valence-electron chi connectivity index (χ3n) is 5.92. The Hall–Kier alpha value is -3.81. The number of ether oxygens (including phenoxy) is 1. The minimum atomic E-state index is -0.121. The fourth-order valence-corrected chi connectivity index (χ4v) is 5.17. The van der Waals surface area contributed by atoms with Gasteiger partial charge < -0.3 is 14.6 Å². The Bertz CT molecular complexity index is 1540. The lowest BCUT2D eigenvalue weighted by Crippen LogP contribution is -2.22. The number of fused-ring (bicyclic) bond motifs is 1. The van der Waals surface area contributed by atoms with Crippen molar-refractivity contribution in [3.63, 3.8) is 0 Å². The van der Waals surface area contributed by atoms with Crippen LogP contribution >= 0.6 is 23.4 Å². The van der Waals surface area contributed by atoms with Crippen molar-refractivity contribution in [1.29, 1.82) is 0 Å². The first-order chi connectivity index (χ1) is 18.1. The summed E-state index contributed by atoms with van der Waals surface area (Å²) in [6.45, 7) is 1.05. The first-order valence-electron chi connectivity index (χ1n) is 11.8. The van der Waals surface area contributed by atoms with E-state index in [2.05, 4.69) is 20.9 Å². The molecule has 37 heavy (non-hydrogen) atoms. The number of nitrogens with one attached hydrogen (secondary N) is 1. The molecular weight excluding hydrogens is 504 g/mol. The molecule has 2 heterocycles. The summed E-state index contributed by atoms with van der Waals surface area (Å²) in [6.07, 6.45) is 3.59. The van der Waals surface area contributed by atoms with Gasteiger partial charge in [-0.15, -0.1) is 0 Å². The second kappa shape index (κ2) is 11.5. The van der Waals surface area contributed by atoms with E-state index in [-0.39, 0.29) is 5.91 Å². The van der Waals surface area contributed by atoms with Crippen LogP contribution in [0.25, 0.3) is 11.0 Å². The van der Waals surface area contributed by atoms with E-state index < -0.39 is 0 Å². The molecule has 1 amide bonds. The lowest BCUT2D eigenvalue weighted by atomic mass is 10.1. The van der Waals surface area contributed by atoms with Crippen LogP contribution in [0.3, 0.4) is 0 Å². The van der Waals surface area contributed by atoms with Crippen LogP contribution in [-0.4, -0.2) is 27.6 Å².